The van der Waals surface area contributed by atoms with Crippen molar-refractivity contribution in [3.05, 3.63) is 34.9 Å². The summed E-state index contributed by atoms with van der Waals surface area (Å²) in [6.07, 6.45) is 6.31. The van der Waals surface area contributed by atoms with E-state index in [0.717, 1.165) is 29.8 Å². The van der Waals surface area contributed by atoms with Crippen molar-refractivity contribution < 1.29 is 5.11 Å². The number of hydrogen-bond acceptors (Lipinski definition) is 1. The monoisotopic (exact) mass is 240 g/mol. The molecule has 0 aliphatic heterocycles. The molecule has 90 valence electrons. The summed E-state index contributed by atoms with van der Waals surface area (Å²) >= 11 is 5.80. The molecule has 0 aromatic heterocycles. The van der Waals surface area contributed by atoms with Gasteiger partial charge < -0.3 is 5.11 Å². The van der Waals surface area contributed by atoms with Crippen molar-refractivity contribution in [2.45, 2.75) is 51.6 Å². The molecule has 1 unspecified atom stereocenters. The van der Waals surface area contributed by atoms with Gasteiger partial charge in [0.25, 0.3) is 0 Å². The number of hydrogen-bond donors (Lipinski definition) is 1. The number of aliphatic hydroxyl groups is 1. The molecule has 16 heavy (non-hydrogen) atoms. The zero-order valence-corrected chi connectivity index (χ0v) is 10.7. The molecule has 0 heterocycles. The fraction of sp³-hybridized carbons (Fsp3) is 0.571. The second-order valence-corrected chi connectivity index (χ2v) is 4.77. The van der Waals surface area contributed by atoms with Gasteiger partial charge in [0.1, 0.15) is 0 Å². The molecule has 1 N–H and O–H groups in total. The SMILES string of the molecule is CCCCCCC(O)Cc1ccc(Cl)cc1. The van der Waals surface area contributed by atoms with E-state index in [1.54, 1.807) is 0 Å². The minimum absolute atomic E-state index is 0.210. The summed E-state index contributed by atoms with van der Waals surface area (Å²) in [5.41, 5.74) is 1.16. The predicted octanol–water partition coefficient (Wildman–Crippen LogP) is 4.21. The zero-order chi connectivity index (χ0) is 11.8. The van der Waals surface area contributed by atoms with Crippen LogP contribution in [0.4, 0.5) is 0 Å². The summed E-state index contributed by atoms with van der Waals surface area (Å²) in [5.74, 6) is 0. The van der Waals surface area contributed by atoms with Crippen LogP contribution in [-0.2, 0) is 6.42 Å². The zero-order valence-electron chi connectivity index (χ0n) is 9.95. The summed E-state index contributed by atoms with van der Waals surface area (Å²) < 4.78 is 0. The minimum Gasteiger partial charge on any atom is -0.393 e. The Morgan fingerprint density at radius 1 is 1.12 bits per heavy atom. The average molecular weight is 241 g/mol. The Morgan fingerprint density at radius 3 is 2.44 bits per heavy atom. The van der Waals surface area contributed by atoms with Gasteiger partial charge in [-0.15, -0.1) is 0 Å². The van der Waals surface area contributed by atoms with Gasteiger partial charge in [-0.1, -0.05) is 56.3 Å². The molecule has 0 bridgehead atoms. The Morgan fingerprint density at radius 2 is 1.81 bits per heavy atom. The molecule has 0 saturated heterocycles. The lowest BCUT2D eigenvalue weighted by Gasteiger charge is -2.10. The molecule has 1 rings (SSSR count). The Bertz CT molecular complexity index is 281. The molecule has 0 spiro atoms. The van der Waals surface area contributed by atoms with Crippen LogP contribution in [0.1, 0.15) is 44.6 Å². The third-order valence-corrected chi connectivity index (χ3v) is 3.03. The van der Waals surface area contributed by atoms with E-state index in [0.29, 0.717) is 0 Å². The highest BCUT2D eigenvalue weighted by Crippen LogP contribution is 2.13. The van der Waals surface area contributed by atoms with Gasteiger partial charge >= 0.3 is 0 Å². The molecular formula is C14H21ClO. The van der Waals surface area contributed by atoms with E-state index >= 15 is 0 Å². The van der Waals surface area contributed by atoms with E-state index in [4.69, 9.17) is 11.6 Å². The first kappa shape index (κ1) is 13.5. The Hall–Kier alpha value is -0.530. The summed E-state index contributed by atoms with van der Waals surface area (Å²) in [4.78, 5) is 0. The number of unbranched alkanes of at least 4 members (excludes halogenated alkanes) is 3. The predicted molar refractivity (Wildman–Crippen MR) is 69.9 cm³/mol. The molecule has 0 radical (unpaired) electrons. The molecule has 0 aliphatic rings. The summed E-state index contributed by atoms with van der Waals surface area (Å²) in [6.45, 7) is 2.20. The molecule has 1 aromatic rings. The standard InChI is InChI=1S/C14H21ClO/c1-2-3-4-5-6-14(16)11-12-7-9-13(15)10-8-12/h7-10,14,16H,2-6,11H2,1H3. The van der Waals surface area contributed by atoms with E-state index < -0.39 is 0 Å². The van der Waals surface area contributed by atoms with Crippen LogP contribution in [0.25, 0.3) is 0 Å². The van der Waals surface area contributed by atoms with Crippen LogP contribution in [-0.4, -0.2) is 11.2 Å². The highest BCUT2D eigenvalue weighted by Gasteiger charge is 2.05. The second-order valence-electron chi connectivity index (χ2n) is 4.33. The van der Waals surface area contributed by atoms with Crippen molar-refractivity contribution in [3.8, 4) is 0 Å². The molecule has 1 nitrogen and oxygen atoms in total. The van der Waals surface area contributed by atoms with E-state index in [2.05, 4.69) is 6.92 Å². The first-order valence-electron chi connectivity index (χ1n) is 6.15. The van der Waals surface area contributed by atoms with Gasteiger partial charge in [0.15, 0.2) is 0 Å². The lowest BCUT2D eigenvalue weighted by Crippen LogP contribution is -2.10. The lowest BCUT2D eigenvalue weighted by molar-refractivity contribution is 0.161. The highest BCUT2D eigenvalue weighted by molar-refractivity contribution is 6.30. The van der Waals surface area contributed by atoms with E-state index in [1.165, 1.54) is 19.3 Å². The van der Waals surface area contributed by atoms with Crippen LogP contribution in [0.3, 0.4) is 0 Å². The molecule has 0 amide bonds. The van der Waals surface area contributed by atoms with Crippen molar-refractivity contribution in [1.82, 2.24) is 0 Å². The summed E-state index contributed by atoms with van der Waals surface area (Å²) in [7, 11) is 0. The van der Waals surface area contributed by atoms with Crippen LogP contribution in [0.15, 0.2) is 24.3 Å². The van der Waals surface area contributed by atoms with Gasteiger partial charge in [0, 0.05) is 5.02 Å². The molecule has 1 aromatic carbocycles. The third-order valence-electron chi connectivity index (χ3n) is 2.78. The number of benzene rings is 1. The molecule has 0 fully saturated rings. The Balaban J connectivity index is 2.23. The first-order chi connectivity index (χ1) is 7.72. The van der Waals surface area contributed by atoms with Crippen LogP contribution < -0.4 is 0 Å². The van der Waals surface area contributed by atoms with Crippen LogP contribution in [0.5, 0.6) is 0 Å². The third kappa shape index (κ3) is 5.53. The lowest BCUT2D eigenvalue weighted by atomic mass is 10.0. The number of aliphatic hydroxyl groups excluding tert-OH is 1. The van der Waals surface area contributed by atoms with Crippen molar-refractivity contribution in [2.24, 2.45) is 0 Å². The smallest absolute Gasteiger partial charge is 0.0580 e. The Labute approximate surface area is 103 Å². The Kier molecular flexibility index (Phi) is 6.51. The first-order valence-corrected chi connectivity index (χ1v) is 6.52. The van der Waals surface area contributed by atoms with Crippen LogP contribution >= 0.6 is 11.6 Å². The molecule has 0 aliphatic carbocycles. The van der Waals surface area contributed by atoms with E-state index in [9.17, 15) is 5.11 Å². The second kappa shape index (κ2) is 7.70. The van der Waals surface area contributed by atoms with Crippen LogP contribution in [0, 0.1) is 0 Å². The van der Waals surface area contributed by atoms with Gasteiger partial charge in [-0.2, -0.15) is 0 Å². The summed E-state index contributed by atoms with van der Waals surface area (Å²) in [6, 6.07) is 7.72. The fourth-order valence-corrected chi connectivity index (χ4v) is 1.93. The van der Waals surface area contributed by atoms with Gasteiger partial charge in [-0.3, -0.25) is 0 Å². The molecule has 2 heteroatoms. The van der Waals surface area contributed by atoms with Crippen molar-refractivity contribution in [2.75, 3.05) is 0 Å². The number of rotatable bonds is 7. The maximum absolute atomic E-state index is 9.84. The van der Waals surface area contributed by atoms with E-state index in [1.807, 2.05) is 24.3 Å². The molecular weight excluding hydrogens is 220 g/mol. The normalized spacial score (nSPS) is 12.7. The quantitative estimate of drug-likeness (QED) is 0.708. The van der Waals surface area contributed by atoms with Gasteiger partial charge in [0.2, 0.25) is 0 Å². The minimum atomic E-state index is -0.210. The largest absolute Gasteiger partial charge is 0.393 e. The van der Waals surface area contributed by atoms with Crippen molar-refractivity contribution in [3.63, 3.8) is 0 Å². The highest BCUT2D eigenvalue weighted by atomic mass is 35.5. The topological polar surface area (TPSA) is 20.2 Å². The van der Waals surface area contributed by atoms with E-state index in [-0.39, 0.29) is 6.10 Å². The van der Waals surface area contributed by atoms with Crippen LogP contribution in [0.2, 0.25) is 5.02 Å². The number of halogens is 1. The maximum atomic E-state index is 9.84. The van der Waals surface area contributed by atoms with Crippen molar-refractivity contribution in [1.29, 1.82) is 0 Å². The van der Waals surface area contributed by atoms with Gasteiger partial charge in [0.05, 0.1) is 6.10 Å². The molecule has 1 atom stereocenters. The average Bonchev–Trinajstić information content (AvgIpc) is 2.28. The summed E-state index contributed by atoms with van der Waals surface area (Å²) in [5, 5.41) is 10.6. The van der Waals surface area contributed by atoms with Gasteiger partial charge in [-0.05, 0) is 30.5 Å². The van der Waals surface area contributed by atoms with Crippen molar-refractivity contribution >= 4 is 11.6 Å². The fourth-order valence-electron chi connectivity index (χ4n) is 1.80. The van der Waals surface area contributed by atoms with Gasteiger partial charge in [-0.25, -0.2) is 0 Å². The molecule has 0 saturated carbocycles. The maximum Gasteiger partial charge on any atom is 0.0580 e.